The maximum atomic E-state index is 10.0. The fourth-order valence-corrected chi connectivity index (χ4v) is 1.55. The quantitative estimate of drug-likeness (QED) is 0.442. The van der Waals surface area contributed by atoms with Crippen LogP contribution in [0.15, 0.2) is 0 Å². The number of hydrogen-bond donors (Lipinski definition) is 0. The molecule has 38 valence electrons. The molecule has 3 aliphatic rings. The van der Waals surface area contributed by atoms with Gasteiger partial charge in [-0.3, -0.25) is 0 Å². The van der Waals surface area contributed by atoms with E-state index in [4.69, 9.17) is 0 Å². The average molecular weight is 96.1 g/mol. The van der Waals surface area contributed by atoms with E-state index in [1.165, 1.54) is 12.8 Å². The molecule has 3 saturated carbocycles. The fraction of sp³-hybridized carbons (Fsp3) is 0.833. The monoisotopic (exact) mass is 96.1 g/mol. The van der Waals surface area contributed by atoms with Gasteiger partial charge in [0.2, 0.25) is 0 Å². The molecule has 0 aliphatic heterocycles. The van der Waals surface area contributed by atoms with Crippen molar-refractivity contribution in [2.75, 3.05) is 0 Å². The third-order valence-electron chi connectivity index (χ3n) is 2.46. The molecule has 0 amide bonds. The first kappa shape index (κ1) is 3.65. The van der Waals surface area contributed by atoms with E-state index < -0.39 is 0 Å². The number of aldehydes is 1. The van der Waals surface area contributed by atoms with E-state index in [0.717, 1.165) is 18.1 Å². The Hall–Kier alpha value is -0.330. The second-order valence-electron chi connectivity index (χ2n) is 2.70. The maximum Gasteiger partial charge on any atom is 0.123 e. The second kappa shape index (κ2) is 0.908. The second-order valence-corrected chi connectivity index (χ2v) is 2.70. The third-order valence-corrected chi connectivity index (χ3v) is 2.46. The molecule has 0 radical (unpaired) electrons. The van der Waals surface area contributed by atoms with Crippen LogP contribution in [0.5, 0.6) is 0 Å². The molecule has 3 aliphatic carbocycles. The van der Waals surface area contributed by atoms with Crippen LogP contribution in [0.3, 0.4) is 0 Å². The van der Waals surface area contributed by atoms with E-state index in [2.05, 4.69) is 0 Å². The van der Waals surface area contributed by atoms with Gasteiger partial charge in [0.15, 0.2) is 0 Å². The summed E-state index contributed by atoms with van der Waals surface area (Å²) in [4.78, 5) is 10.0. The molecule has 0 spiro atoms. The Morgan fingerprint density at radius 1 is 1.29 bits per heavy atom. The van der Waals surface area contributed by atoms with E-state index in [9.17, 15) is 4.79 Å². The highest BCUT2D eigenvalue weighted by Gasteiger charge is 2.51. The molecule has 2 bridgehead atoms. The largest absolute Gasteiger partial charge is 0.303 e. The number of carbonyl (C=O) groups is 1. The Balaban J connectivity index is 2.05. The van der Waals surface area contributed by atoms with Crippen LogP contribution in [0.1, 0.15) is 12.8 Å². The zero-order valence-electron chi connectivity index (χ0n) is 4.13. The highest BCUT2D eigenvalue weighted by molar-refractivity contribution is 5.58. The van der Waals surface area contributed by atoms with Crippen LogP contribution in [0.25, 0.3) is 0 Å². The van der Waals surface area contributed by atoms with Crippen molar-refractivity contribution in [3.63, 3.8) is 0 Å². The van der Waals surface area contributed by atoms with Gasteiger partial charge >= 0.3 is 0 Å². The predicted molar refractivity (Wildman–Crippen MR) is 25.8 cm³/mol. The highest BCUT2D eigenvalue weighted by Crippen LogP contribution is 2.57. The van der Waals surface area contributed by atoms with E-state index in [1.54, 1.807) is 0 Å². The van der Waals surface area contributed by atoms with Gasteiger partial charge in [0.25, 0.3) is 0 Å². The van der Waals surface area contributed by atoms with Gasteiger partial charge in [-0.1, -0.05) is 0 Å². The number of hydrogen-bond acceptors (Lipinski definition) is 1. The summed E-state index contributed by atoms with van der Waals surface area (Å²) in [5.41, 5.74) is 0. The molecule has 0 heterocycles. The minimum Gasteiger partial charge on any atom is -0.303 e. The van der Waals surface area contributed by atoms with E-state index >= 15 is 0 Å². The van der Waals surface area contributed by atoms with Crippen molar-refractivity contribution in [3.05, 3.63) is 0 Å². The van der Waals surface area contributed by atoms with Gasteiger partial charge < -0.3 is 4.79 Å². The van der Waals surface area contributed by atoms with Crippen LogP contribution >= 0.6 is 0 Å². The summed E-state index contributed by atoms with van der Waals surface area (Å²) in [6.45, 7) is 0. The minimum atomic E-state index is 0.500. The standard InChI is InChI=1S/C6H8O/c7-3-6-4-1-5(6)2-4/h3-6H,1-2H2. The van der Waals surface area contributed by atoms with Gasteiger partial charge in [-0.15, -0.1) is 0 Å². The molecule has 3 rings (SSSR count). The average Bonchev–Trinajstić information content (AvgIpc) is 1.24. The van der Waals surface area contributed by atoms with Crippen LogP contribution in [0.2, 0.25) is 0 Å². The molecule has 0 unspecified atom stereocenters. The molecule has 0 aromatic carbocycles. The molecule has 0 N–H and O–H groups in total. The SMILES string of the molecule is O=CC1C2CC1C2. The number of rotatable bonds is 1. The summed E-state index contributed by atoms with van der Waals surface area (Å²) >= 11 is 0. The molecule has 0 saturated heterocycles. The lowest BCUT2D eigenvalue weighted by molar-refractivity contribution is -0.136. The van der Waals surface area contributed by atoms with Gasteiger partial charge in [-0.25, -0.2) is 0 Å². The first-order valence-electron chi connectivity index (χ1n) is 2.87. The molecule has 0 aromatic heterocycles. The predicted octanol–water partition coefficient (Wildman–Crippen LogP) is 0.841. The molecule has 1 heteroatoms. The van der Waals surface area contributed by atoms with Crippen molar-refractivity contribution in [1.29, 1.82) is 0 Å². The van der Waals surface area contributed by atoms with Crippen molar-refractivity contribution in [2.45, 2.75) is 12.8 Å². The van der Waals surface area contributed by atoms with Crippen LogP contribution in [0.4, 0.5) is 0 Å². The Morgan fingerprint density at radius 3 is 1.86 bits per heavy atom. The zero-order valence-corrected chi connectivity index (χ0v) is 4.13. The summed E-state index contributed by atoms with van der Waals surface area (Å²) in [6.07, 6.45) is 3.83. The first-order chi connectivity index (χ1) is 3.42. The van der Waals surface area contributed by atoms with Crippen molar-refractivity contribution in [3.8, 4) is 0 Å². The van der Waals surface area contributed by atoms with Crippen LogP contribution in [-0.2, 0) is 4.79 Å². The Bertz CT molecular complexity index is 94.7. The normalized spacial score (nSPS) is 54.6. The minimum absolute atomic E-state index is 0.500. The Morgan fingerprint density at radius 2 is 1.86 bits per heavy atom. The van der Waals surface area contributed by atoms with Gasteiger partial charge in [-0.05, 0) is 24.7 Å². The lowest BCUT2D eigenvalue weighted by atomic mass is 9.49. The molecular formula is C6H8O. The Labute approximate surface area is 42.7 Å². The summed E-state index contributed by atoms with van der Waals surface area (Å²) in [6, 6.07) is 0. The lowest BCUT2D eigenvalue weighted by Crippen LogP contribution is -2.50. The van der Waals surface area contributed by atoms with Crippen molar-refractivity contribution < 1.29 is 4.79 Å². The van der Waals surface area contributed by atoms with Gasteiger partial charge in [0, 0.05) is 5.92 Å². The van der Waals surface area contributed by atoms with Crippen molar-refractivity contribution in [2.24, 2.45) is 17.8 Å². The molecule has 3 fully saturated rings. The molecule has 1 nitrogen and oxygen atoms in total. The number of carbonyl (C=O) groups excluding carboxylic acids is 1. The molecule has 0 aromatic rings. The zero-order chi connectivity index (χ0) is 4.85. The van der Waals surface area contributed by atoms with Gasteiger partial charge in [0.05, 0.1) is 0 Å². The van der Waals surface area contributed by atoms with Crippen LogP contribution in [0, 0.1) is 17.8 Å². The smallest absolute Gasteiger partial charge is 0.123 e. The molecular weight excluding hydrogens is 88.1 g/mol. The van der Waals surface area contributed by atoms with Crippen molar-refractivity contribution >= 4 is 6.29 Å². The summed E-state index contributed by atoms with van der Waals surface area (Å²) in [7, 11) is 0. The van der Waals surface area contributed by atoms with E-state index in [-0.39, 0.29) is 0 Å². The summed E-state index contributed by atoms with van der Waals surface area (Å²) < 4.78 is 0. The fourth-order valence-electron chi connectivity index (χ4n) is 1.55. The summed E-state index contributed by atoms with van der Waals surface area (Å²) in [5.74, 6) is 2.14. The maximum absolute atomic E-state index is 10.0. The topological polar surface area (TPSA) is 17.1 Å². The first-order valence-corrected chi connectivity index (χ1v) is 2.87. The van der Waals surface area contributed by atoms with Crippen molar-refractivity contribution in [1.82, 2.24) is 0 Å². The van der Waals surface area contributed by atoms with E-state index in [0.29, 0.717) is 5.92 Å². The van der Waals surface area contributed by atoms with Gasteiger partial charge in [0.1, 0.15) is 6.29 Å². The van der Waals surface area contributed by atoms with E-state index in [1.807, 2.05) is 0 Å². The van der Waals surface area contributed by atoms with Crippen LogP contribution < -0.4 is 0 Å². The lowest BCUT2D eigenvalue weighted by Gasteiger charge is -2.55. The Kier molecular flexibility index (Phi) is 0.473. The summed E-state index contributed by atoms with van der Waals surface area (Å²) in [5, 5.41) is 0. The highest BCUT2D eigenvalue weighted by atomic mass is 16.1. The van der Waals surface area contributed by atoms with Crippen LogP contribution in [-0.4, -0.2) is 6.29 Å². The van der Waals surface area contributed by atoms with Gasteiger partial charge in [-0.2, -0.15) is 0 Å². The molecule has 0 atom stereocenters. The third kappa shape index (κ3) is 0.245. The molecule has 7 heavy (non-hydrogen) atoms.